The van der Waals surface area contributed by atoms with Crippen molar-refractivity contribution in [2.24, 2.45) is 0 Å². The Morgan fingerprint density at radius 3 is 2.37 bits per heavy atom. The minimum Gasteiger partial charge on any atom is -0.306 e. The summed E-state index contributed by atoms with van der Waals surface area (Å²) in [5.41, 5.74) is 1.07. The Morgan fingerprint density at radius 1 is 1.16 bits per heavy atom. The zero-order valence-corrected chi connectivity index (χ0v) is 12.3. The van der Waals surface area contributed by atoms with Gasteiger partial charge in [0.05, 0.1) is 5.75 Å². The molecule has 1 aromatic rings. The van der Waals surface area contributed by atoms with Gasteiger partial charge in [-0.2, -0.15) is 0 Å². The molecule has 19 heavy (non-hydrogen) atoms. The van der Waals surface area contributed by atoms with Crippen molar-refractivity contribution in [1.29, 1.82) is 0 Å². The molecule has 0 aliphatic heterocycles. The zero-order chi connectivity index (χ0) is 13.7. The first-order valence-corrected chi connectivity index (χ1v) is 9.09. The third-order valence-corrected chi connectivity index (χ3v) is 4.65. The summed E-state index contributed by atoms with van der Waals surface area (Å²) in [6, 6.07) is 10.3. The summed E-state index contributed by atoms with van der Waals surface area (Å²) in [4.78, 5) is 0. The summed E-state index contributed by atoms with van der Waals surface area (Å²) in [7, 11) is -2.98. The van der Waals surface area contributed by atoms with E-state index in [0.717, 1.165) is 18.4 Å². The third kappa shape index (κ3) is 4.96. The van der Waals surface area contributed by atoms with E-state index in [2.05, 4.69) is 5.32 Å². The Balaban J connectivity index is 2.09. The molecular formula is C15H23NO2S. The van der Waals surface area contributed by atoms with Crippen molar-refractivity contribution < 1.29 is 8.42 Å². The van der Waals surface area contributed by atoms with Crippen LogP contribution in [0.5, 0.6) is 0 Å². The maximum absolute atomic E-state index is 11.6. The zero-order valence-electron chi connectivity index (χ0n) is 11.5. The average molecular weight is 281 g/mol. The van der Waals surface area contributed by atoms with E-state index in [1.807, 2.05) is 30.3 Å². The summed E-state index contributed by atoms with van der Waals surface area (Å²) in [6.45, 7) is 0. The van der Waals surface area contributed by atoms with E-state index in [1.165, 1.54) is 25.5 Å². The van der Waals surface area contributed by atoms with E-state index in [4.69, 9.17) is 0 Å². The molecule has 1 fully saturated rings. The molecule has 0 radical (unpaired) electrons. The fraction of sp³-hybridized carbons (Fsp3) is 0.600. The van der Waals surface area contributed by atoms with Gasteiger partial charge in [-0.3, -0.25) is 0 Å². The van der Waals surface area contributed by atoms with E-state index >= 15 is 0 Å². The maximum atomic E-state index is 11.6. The topological polar surface area (TPSA) is 46.2 Å². The van der Waals surface area contributed by atoms with Crippen molar-refractivity contribution in [2.75, 3.05) is 12.0 Å². The molecule has 1 atom stereocenters. The Hall–Kier alpha value is -0.870. The molecule has 1 unspecified atom stereocenters. The van der Waals surface area contributed by atoms with Gasteiger partial charge in [0.2, 0.25) is 0 Å². The minimum absolute atomic E-state index is 0.0840. The summed E-state index contributed by atoms with van der Waals surface area (Å²) >= 11 is 0. The Bertz CT molecular complexity index is 478. The van der Waals surface area contributed by atoms with Crippen molar-refractivity contribution >= 4 is 9.84 Å². The van der Waals surface area contributed by atoms with E-state index in [0.29, 0.717) is 6.04 Å². The number of rotatable bonds is 5. The smallest absolute Gasteiger partial charge is 0.149 e. The first-order valence-electron chi connectivity index (χ1n) is 7.03. The highest BCUT2D eigenvalue weighted by Gasteiger charge is 2.22. The SMILES string of the molecule is CS(=O)(=O)CC(NC1CCCCC1)c1ccccc1. The van der Waals surface area contributed by atoms with E-state index in [-0.39, 0.29) is 11.8 Å². The average Bonchev–Trinajstić information content (AvgIpc) is 2.39. The predicted molar refractivity (Wildman–Crippen MR) is 78.9 cm³/mol. The van der Waals surface area contributed by atoms with Crippen LogP contribution in [0.3, 0.4) is 0 Å². The lowest BCUT2D eigenvalue weighted by atomic mass is 9.94. The van der Waals surface area contributed by atoms with Gasteiger partial charge >= 0.3 is 0 Å². The Labute approximate surface area is 116 Å². The van der Waals surface area contributed by atoms with Crippen molar-refractivity contribution in [1.82, 2.24) is 5.32 Å². The van der Waals surface area contributed by atoms with Crippen molar-refractivity contribution in [2.45, 2.75) is 44.2 Å². The lowest BCUT2D eigenvalue weighted by Crippen LogP contribution is -2.37. The van der Waals surface area contributed by atoms with Crippen LogP contribution < -0.4 is 5.32 Å². The summed E-state index contributed by atoms with van der Waals surface area (Å²) < 4.78 is 23.2. The van der Waals surface area contributed by atoms with E-state index < -0.39 is 9.84 Å². The normalized spacial score (nSPS) is 19.2. The first-order chi connectivity index (χ1) is 9.04. The predicted octanol–water partition coefficient (Wildman–Crippen LogP) is 2.69. The number of hydrogen-bond donors (Lipinski definition) is 1. The molecule has 0 saturated heterocycles. The van der Waals surface area contributed by atoms with Crippen LogP contribution in [0, 0.1) is 0 Å². The molecule has 4 heteroatoms. The molecule has 1 saturated carbocycles. The highest BCUT2D eigenvalue weighted by Crippen LogP contribution is 2.22. The monoisotopic (exact) mass is 281 g/mol. The van der Waals surface area contributed by atoms with Crippen molar-refractivity contribution in [3.05, 3.63) is 35.9 Å². The fourth-order valence-corrected chi connectivity index (χ4v) is 3.68. The second-order valence-corrected chi connectivity index (χ2v) is 7.74. The van der Waals surface area contributed by atoms with E-state index in [1.54, 1.807) is 0 Å². The standard InChI is InChI=1S/C15H23NO2S/c1-19(17,18)12-15(13-8-4-2-5-9-13)16-14-10-6-3-7-11-14/h2,4-5,8-9,14-16H,3,6-7,10-12H2,1H3. The number of benzene rings is 1. The molecule has 2 rings (SSSR count). The minimum atomic E-state index is -2.98. The summed E-state index contributed by atoms with van der Waals surface area (Å²) in [5, 5.41) is 3.55. The van der Waals surface area contributed by atoms with Crippen LogP contribution in [0.4, 0.5) is 0 Å². The molecule has 106 valence electrons. The second-order valence-electron chi connectivity index (χ2n) is 5.56. The third-order valence-electron chi connectivity index (χ3n) is 3.71. The van der Waals surface area contributed by atoms with Gasteiger partial charge < -0.3 is 5.32 Å². The molecule has 3 nitrogen and oxygen atoms in total. The molecule has 1 aliphatic carbocycles. The molecule has 0 aromatic heterocycles. The van der Waals surface area contributed by atoms with Crippen molar-refractivity contribution in [3.8, 4) is 0 Å². The van der Waals surface area contributed by atoms with Gasteiger partial charge in [0, 0.05) is 18.3 Å². The molecule has 0 spiro atoms. The van der Waals surface area contributed by atoms with Crippen LogP contribution >= 0.6 is 0 Å². The van der Waals surface area contributed by atoms with Gasteiger partial charge in [0.25, 0.3) is 0 Å². The quantitative estimate of drug-likeness (QED) is 0.902. The number of hydrogen-bond acceptors (Lipinski definition) is 3. The Morgan fingerprint density at radius 2 is 1.79 bits per heavy atom. The molecule has 0 heterocycles. The number of nitrogens with one attached hydrogen (secondary N) is 1. The Kier molecular flexibility index (Phi) is 4.99. The summed E-state index contributed by atoms with van der Waals surface area (Å²) in [6.07, 6.45) is 7.43. The van der Waals surface area contributed by atoms with Gasteiger partial charge in [-0.1, -0.05) is 49.6 Å². The highest BCUT2D eigenvalue weighted by atomic mass is 32.2. The lowest BCUT2D eigenvalue weighted by molar-refractivity contribution is 0.347. The first kappa shape index (κ1) is 14.5. The number of sulfone groups is 1. The van der Waals surface area contributed by atoms with Crippen LogP contribution in [0.25, 0.3) is 0 Å². The van der Waals surface area contributed by atoms with Gasteiger partial charge in [-0.05, 0) is 18.4 Å². The van der Waals surface area contributed by atoms with E-state index in [9.17, 15) is 8.42 Å². The molecule has 1 N–H and O–H groups in total. The molecular weight excluding hydrogens is 258 g/mol. The van der Waals surface area contributed by atoms with Gasteiger partial charge in [-0.25, -0.2) is 8.42 Å². The van der Waals surface area contributed by atoms with Crippen LogP contribution in [-0.2, 0) is 9.84 Å². The summed E-state index contributed by atoms with van der Waals surface area (Å²) in [5.74, 6) is 0.174. The van der Waals surface area contributed by atoms with Crippen LogP contribution in [0.2, 0.25) is 0 Å². The second kappa shape index (κ2) is 6.53. The van der Waals surface area contributed by atoms with Gasteiger partial charge in [0.1, 0.15) is 9.84 Å². The van der Waals surface area contributed by atoms with Crippen LogP contribution in [0.15, 0.2) is 30.3 Å². The maximum Gasteiger partial charge on any atom is 0.149 e. The van der Waals surface area contributed by atoms with Crippen LogP contribution in [-0.4, -0.2) is 26.5 Å². The largest absolute Gasteiger partial charge is 0.306 e. The molecule has 0 amide bonds. The molecule has 0 bridgehead atoms. The fourth-order valence-electron chi connectivity index (χ4n) is 2.78. The molecule has 1 aliphatic rings. The highest BCUT2D eigenvalue weighted by molar-refractivity contribution is 7.90. The molecule has 1 aromatic carbocycles. The lowest BCUT2D eigenvalue weighted by Gasteiger charge is -2.28. The van der Waals surface area contributed by atoms with Crippen molar-refractivity contribution in [3.63, 3.8) is 0 Å². The van der Waals surface area contributed by atoms with Crippen LogP contribution in [0.1, 0.15) is 43.7 Å². The van der Waals surface area contributed by atoms with Gasteiger partial charge in [0.15, 0.2) is 0 Å². The van der Waals surface area contributed by atoms with Gasteiger partial charge in [-0.15, -0.1) is 0 Å².